The van der Waals surface area contributed by atoms with Crippen LogP contribution < -0.4 is 10.6 Å². The largest absolute Gasteiger partial charge is 0.384 e. The van der Waals surface area contributed by atoms with Gasteiger partial charge in [0.25, 0.3) is 0 Å². The number of nitrogens with two attached hydrogens (primary N) is 1. The zero-order valence-corrected chi connectivity index (χ0v) is 12.8. The minimum absolute atomic E-state index is 0.0365. The van der Waals surface area contributed by atoms with Crippen LogP contribution in [0.5, 0.6) is 0 Å². The van der Waals surface area contributed by atoms with Gasteiger partial charge in [0.1, 0.15) is 5.84 Å². The van der Waals surface area contributed by atoms with E-state index in [1.165, 1.54) is 0 Å². The summed E-state index contributed by atoms with van der Waals surface area (Å²) in [5.74, 6) is 0.227. The van der Waals surface area contributed by atoms with Crippen molar-refractivity contribution in [1.29, 1.82) is 5.41 Å². The summed E-state index contributed by atoms with van der Waals surface area (Å²) in [4.78, 5) is 6.35. The lowest BCUT2D eigenvalue weighted by atomic mass is 10.1. The molecule has 1 aliphatic heterocycles. The zero-order chi connectivity index (χ0) is 15.1. The number of hydrogen-bond donors (Lipinski definition) is 2. The van der Waals surface area contributed by atoms with E-state index in [1.54, 1.807) is 0 Å². The van der Waals surface area contributed by atoms with Gasteiger partial charge in [0.05, 0.1) is 28.5 Å². The molecule has 0 amide bonds. The van der Waals surface area contributed by atoms with Crippen molar-refractivity contribution in [1.82, 2.24) is 4.98 Å². The Morgan fingerprint density at radius 2 is 2.15 bits per heavy atom. The highest BCUT2D eigenvalue weighted by Crippen LogP contribution is 2.27. The molecule has 1 aliphatic rings. The van der Waals surface area contributed by atoms with Crippen LogP contribution >= 0.6 is 0 Å². The van der Waals surface area contributed by atoms with E-state index in [0.29, 0.717) is 17.8 Å². The van der Waals surface area contributed by atoms with E-state index in [4.69, 9.17) is 11.1 Å². The lowest BCUT2D eigenvalue weighted by molar-refractivity contribution is 0.568. The van der Waals surface area contributed by atoms with Gasteiger partial charge in [-0.15, -0.1) is 0 Å². The van der Waals surface area contributed by atoms with Crippen molar-refractivity contribution in [3.8, 4) is 0 Å². The van der Waals surface area contributed by atoms with E-state index in [-0.39, 0.29) is 23.4 Å². The number of aryl methyl sites for hydroxylation is 2. The van der Waals surface area contributed by atoms with Crippen molar-refractivity contribution >= 4 is 21.4 Å². The quantitative estimate of drug-likeness (QED) is 0.615. The fourth-order valence-electron chi connectivity index (χ4n) is 2.72. The molecular formula is C13H20N4O2S. The molecule has 2 rings (SSSR count). The molecule has 0 saturated carbocycles. The Morgan fingerprint density at radius 3 is 2.70 bits per heavy atom. The van der Waals surface area contributed by atoms with Crippen LogP contribution in [0.15, 0.2) is 6.07 Å². The highest BCUT2D eigenvalue weighted by atomic mass is 32.2. The third-order valence-corrected chi connectivity index (χ3v) is 5.35. The van der Waals surface area contributed by atoms with Crippen LogP contribution in [0.4, 0.5) is 5.69 Å². The van der Waals surface area contributed by atoms with E-state index in [1.807, 2.05) is 31.7 Å². The van der Waals surface area contributed by atoms with Crippen LogP contribution in [-0.2, 0) is 9.84 Å². The number of amidine groups is 1. The number of sulfone groups is 1. The Kier molecular flexibility index (Phi) is 3.73. The first-order valence-electron chi connectivity index (χ1n) is 6.51. The number of hydrogen-bond acceptors (Lipinski definition) is 5. The van der Waals surface area contributed by atoms with E-state index < -0.39 is 9.84 Å². The van der Waals surface area contributed by atoms with Gasteiger partial charge in [-0.05, 0) is 26.8 Å². The molecule has 0 radical (unpaired) electrons. The highest BCUT2D eigenvalue weighted by molar-refractivity contribution is 7.91. The second-order valence-electron chi connectivity index (χ2n) is 5.31. The summed E-state index contributed by atoms with van der Waals surface area (Å²) >= 11 is 0. The number of rotatable bonds is 2. The average Bonchev–Trinajstić information content (AvgIpc) is 2.25. The first kappa shape index (κ1) is 14.8. The SMILES string of the molecule is Cc1cc(N2CCS(=O)(=O)CC2C)c(C(=N)N)c(C)n1. The maximum Gasteiger partial charge on any atom is 0.154 e. The standard InChI is InChI=1S/C13H20N4O2S/c1-8-6-11(12(13(14)15)10(3)16-8)17-4-5-20(18,19)7-9(17)2/h6,9H,4-5,7H2,1-3H3,(H3,14,15). The summed E-state index contributed by atoms with van der Waals surface area (Å²) in [6, 6.07) is 1.74. The van der Waals surface area contributed by atoms with Gasteiger partial charge in [-0.3, -0.25) is 10.4 Å². The molecule has 110 valence electrons. The molecule has 7 heteroatoms. The Labute approximate surface area is 119 Å². The Balaban J connectivity index is 2.50. The summed E-state index contributed by atoms with van der Waals surface area (Å²) in [5, 5.41) is 7.74. The molecule has 1 atom stereocenters. The van der Waals surface area contributed by atoms with Crippen LogP contribution in [0.2, 0.25) is 0 Å². The maximum atomic E-state index is 11.7. The first-order chi connectivity index (χ1) is 9.21. The van der Waals surface area contributed by atoms with E-state index in [9.17, 15) is 8.42 Å². The topological polar surface area (TPSA) is 100 Å². The smallest absolute Gasteiger partial charge is 0.154 e. The number of nitrogen functional groups attached to an aromatic ring is 1. The lowest BCUT2D eigenvalue weighted by Crippen LogP contribution is -2.47. The second-order valence-corrected chi connectivity index (χ2v) is 7.54. The van der Waals surface area contributed by atoms with Crippen molar-refractivity contribution in [3.63, 3.8) is 0 Å². The van der Waals surface area contributed by atoms with Crippen LogP contribution in [0.25, 0.3) is 0 Å². The van der Waals surface area contributed by atoms with Crippen molar-refractivity contribution in [2.45, 2.75) is 26.8 Å². The number of aromatic nitrogens is 1. The molecule has 1 unspecified atom stereocenters. The van der Waals surface area contributed by atoms with Crippen LogP contribution in [0.1, 0.15) is 23.9 Å². The minimum atomic E-state index is -2.97. The van der Waals surface area contributed by atoms with Gasteiger partial charge in [0, 0.05) is 18.3 Å². The lowest BCUT2D eigenvalue weighted by Gasteiger charge is -2.36. The molecule has 0 aromatic carbocycles. The summed E-state index contributed by atoms with van der Waals surface area (Å²) < 4.78 is 23.4. The van der Waals surface area contributed by atoms with Crippen molar-refractivity contribution < 1.29 is 8.42 Å². The first-order valence-corrected chi connectivity index (χ1v) is 8.33. The molecule has 0 bridgehead atoms. The van der Waals surface area contributed by atoms with Crippen LogP contribution in [0.3, 0.4) is 0 Å². The third-order valence-electron chi connectivity index (χ3n) is 3.56. The number of nitrogens with zero attached hydrogens (tertiary/aromatic N) is 2. The number of pyridine rings is 1. The Hall–Kier alpha value is -1.63. The van der Waals surface area contributed by atoms with Crippen LogP contribution in [-0.4, -0.2) is 43.3 Å². The molecule has 3 N–H and O–H groups in total. The predicted molar refractivity (Wildman–Crippen MR) is 80.2 cm³/mol. The Morgan fingerprint density at radius 1 is 1.50 bits per heavy atom. The summed E-state index contributed by atoms with van der Waals surface area (Å²) in [5.41, 5.74) is 8.62. The van der Waals surface area contributed by atoms with E-state index >= 15 is 0 Å². The van der Waals surface area contributed by atoms with Gasteiger partial charge in [-0.1, -0.05) is 0 Å². The van der Waals surface area contributed by atoms with Crippen molar-refractivity contribution in [2.75, 3.05) is 23.0 Å². The number of anilines is 1. The molecule has 1 aromatic rings. The third kappa shape index (κ3) is 2.77. The molecule has 1 aromatic heterocycles. The molecule has 0 spiro atoms. The normalized spacial score (nSPS) is 21.8. The molecule has 2 heterocycles. The Bertz CT molecular complexity index is 655. The average molecular weight is 296 g/mol. The number of nitrogens with one attached hydrogen (secondary N) is 1. The van der Waals surface area contributed by atoms with Gasteiger partial charge < -0.3 is 10.6 Å². The fraction of sp³-hybridized carbons (Fsp3) is 0.538. The summed E-state index contributed by atoms with van der Waals surface area (Å²) in [6.07, 6.45) is 0. The van der Waals surface area contributed by atoms with Crippen molar-refractivity contribution in [3.05, 3.63) is 23.0 Å². The molecule has 1 fully saturated rings. The van der Waals surface area contributed by atoms with Gasteiger partial charge >= 0.3 is 0 Å². The van der Waals surface area contributed by atoms with Gasteiger partial charge in [0.2, 0.25) is 0 Å². The highest BCUT2D eigenvalue weighted by Gasteiger charge is 2.30. The molecule has 0 aliphatic carbocycles. The molecular weight excluding hydrogens is 276 g/mol. The van der Waals surface area contributed by atoms with E-state index in [0.717, 1.165) is 11.4 Å². The second kappa shape index (κ2) is 5.05. The zero-order valence-electron chi connectivity index (χ0n) is 12.0. The molecule has 20 heavy (non-hydrogen) atoms. The monoisotopic (exact) mass is 296 g/mol. The molecule has 6 nitrogen and oxygen atoms in total. The van der Waals surface area contributed by atoms with Crippen molar-refractivity contribution in [2.24, 2.45) is 5.73 Å². The fourth-order valence-corrected chi connectivity index (χ4v) is 4.28. The minimum Gasteiger partial charge on any atom is -0.384 e. The summed E-state index contributed by atoms with van der Waals surface area (Å²) in [6.45, 7) is 6.00. The van der Waals surface area contributed by atoms with Gasteiger partial charge in [0.15, 0.2) is 9.84 Å². The molecule has 1 saturated heterocycles. The van der Waals surface area contributed by atoms with Gasteiger partial charge in [-0.2, -0.15) is 0 Å². The predicted octanol–water partition coefficient (Wildman–Crippen LogP) is 0.606. The maximum absolute atomic E-state index is 11.7. The van der Waals surface area contributed by atoms with Crippen LogP contribution in [0, 0.1) is 19.3 Å². The van der Waals surface area contributed by atoms with E-state index in [2.05, 4.69) is 4.98 Å². The van der Waals surface area contributed by atoms with Gasteiger partial charge in [-0.25, -0.2) is 8.42 Å². The summed E-state index contributed by atoms with van der Waals surface area (Å²) in [7, 11) is -2.97.